The molecule has 0 radical (unpaired) electrons. The predicted molar refractivity (Wildman–Crippen MR) is 70.1 cm³/mol. The number of anilines is 1. The van der Waals surface area contributed by atoms with Gasteiger partial charge in [0.05, 0.1) is 0 Å². The fourth-order valence-corrected chi connectivity index (χ4v) is 1.69. The molecule has 0 unspecified atom stereocenters. The van der Waals surface area contributed by atoms with E-state index < -0.39 is 0 Å². The van der Waals surface area contributed by atoms with Crippen molar-refractivity contribution in [1.29, 1.82) is 0 Å². The molecule has 0 atom stereocenters. The van der Waals surface area contributed by atoms with Crippen LogP contribution in [0.3, 0.4) is 0 Å². The highest BCUT2D eigenvalue weighted by molar-refractivity contribution is 7.79. The van der Waals surface area contributed by atoms with Crippen LogP contribution in [-0.4, -0.2) is 0 Å². The predicted octanol–water partition coefficient (Wildman–Crippen LogP) is 3.49. The van der Waals surface area contributed by atoms with Crippen LogP contribution in [0.2, 0.25) is 0 Å². The quantitative estimate of drug-likeness (QED) is 0.626. The number of benzene rings is 2. The molecule has 0 aliphatic heterocycles. The highest BCUT2D eigenvalue weighted by atomic mass is 32.1. The summed E-state index contributed by atoms with van der Waals surface area (Å²) in [5.41, 5.74) is 7.43. The second-order valence-corrected chi connectivity index (χ2v) is 3.76. The van der Waals surface area contributed by atoms with Crippen LogP contribution in [0, 0.1) is 0 Å². The van der Waals surface area contributed by atoms with Gasteiger partial charge in [-0.3, -0.25) is 0 Å². The molecule has 3 heteroatoms. The van der Waals surface area contributed by atoms with Crippen molar-refractivity contribution in [3.8, 4) is 11.5 Å². The maximum Gasteiger partial charge on any atom is 0.131 e. The van der Waals surface area contributed by atoms with Gasteiger partial charge in [-0.25, -0.2) is 0 Å². The summed E-state index contributed by atoms with van der Waals surface area (Å²) in [6.45, 7) is 0. The minimum absolute atomic E-state index is 0.604. The fourth-order valence-electron chi connectivity index (χ4n) is 1.44. The molecule has 0 saturated carbocycles. The molecule has 2 aromatic carbocycles. The van der Waals surface area contributed by atoms with Crippen molar-refractivity contribution in [3.63, 3.8) is 0 Å². The summed E-state index contributed by atoms with van der Waals surface area (Å²) < 4.78 is 5.75. The summed E-state index contributed by atoms with van der Waals surface area (Å²) in [7, 11) is 0. The summed E-state index contributed by atoms with van der Waals surface area (Å²) in [4.78, 5) is 0. The molecule has 0 saturated heterocycles. The highest BCUT2D eigenvalue weighted by Crippen LogP contribution is 2.27. The SMILES string of the molecule is Nc1ccc(Oc2ccccc2)c(CS)c1. The van der Waals surface area contributed by atoms with Gasteiger partial charge in [-0.05, 0) is 30.3 Å². The summed E-state index contributed by atoms with van der Waals surface area (Å²) in [5.74, 6) is 2.22. The van der Waals surface area contributed by atoms with Gasteiger partial charge in [-0.1, -0.05) is 18.2 Å². The van der Waals surface area contributed by atoms with E-state index in [9.17, 15) is 0 Å². The van der Waals surface area contributed by atoms with E-state index in [-0.39, 0.29) is 0 Å². The van der Waals surface area contributed by atoms with Crippen molar-refractivity contribution < 1.29 is 4.74 Å². The largest absolute Gasteiger partial charge is 0.457 e. The van der Waals surface area contributed by atoms with E-state index in [0.29, 0.717) is 5.75 Å². The monoisotopic (exact) mass is 231 g/mol. The van der Waals surface area contributed by atoms with Crippen molar-refractivity contribution in [2.24, 2.45) is 0 Å². The number of para-hydroxylation sites is 1. The molecule has 0 bridgehead atoms. The maximum absolute atomic E-state index is 5.75. The Kier molecular flexibility index (Phi) is 3.37. The first-order valence-corrected chi connectivity index (χ1v) is 5.65. The normalized spacial score (nSPS) is 10.1. The van der Waals surface area contributed by atoms with Gasteiger partial charge < -0.3 is 10.5 Å². The number of ether oxygens (including phenoxy) is 1. The van der Waals surface area contributed by atoms with E-state index in [1.165, 1.54) is 0 Å². The first kappa shape index (κ1) is 10.9. The zero-order valence-corrected chi connectivity index (χ0v) is 9.65. The molecule has 0 heterocycles. The zero-order chi connectivity index (χ0) is 11.4. The van der Waals surface area contributed by atoms with Gasteiger partial charge in [0.15, 0.2) is 0 Å². The maximum atomic E-state index is 5.75. The summed E-state index contributed by atoms with van der Waals surface area (Å²) in [5, 5.41) is 0. The minimum Gasteiger partial charge on any atom is -0.457 e. The van der Waals surface area contributed by atoms with Crippen molar-refractivity contribution >= 4 is 18.3 Å². The Balaban J connectivity index is 2.28. The zero-order valence-electron chi connectivity index (χ0n) is 8.76. The molecule has 0 amide bonds. The van der Waals surface area contributed by atoms with Gasteiger partial charge in [0.2, 0.25) is 0 Å². The Bertz CT molecular complexity index is 471. The molecule has 0 aromatic heterocycles. The molecule has 82 valence electrons. The Morgan fingerprint density at radius 1 is 1.06 bits per heavy atom. The van der Waals surface area contributed by atoms with E-state index in [4.69, 9.17) is 10.5 Å². The van der Waals surface area contributed by atoms with Crippen molar-refractivity contribution in [2.45, 2.75) is 5.75 Å². The molecule has 0 aliphatic rings. The number of hydrogen-bond donors (Lipinski definition) is 2. The van der Waals surface area contributed by atoms with Crippen molar-refractivity contribution in [2.75, 3.05) is 5.73 Å². The van der Waals surface area contributed by atoms with Gasteiger partial charge in [0.25, 0.3) is 0 Å². The van der Waals surface area contributed by atoms with E-state index >= 15 is 0 Å². The molecular weight excluding hydrogens is 218 g/mol. The summed E-state index contributed by atoms with van der Waals surface area (Å²) >= 11 is 4.26. The van der Waals surface area contributed by atoms with Crippen LogP contribution >= 0.6 is 12.6 Å². The minimum atomic E-state index is 0.604. The molecular formula is C13H13NOS. The van der Waals surface area contributed by atoms with Crippen LogP contribution in [0.15, 0.2) is 48.5 Å². The lowest BCUT2D eigenvalue weighted by Gasteiger charge is -2.10. The number of nitrogen functional groups attached to an aromatic ring is 1. The number of nitrogens with two attached hydrogens (primary N) is 1. The third-order valence-electron chi connectivity index (χ3n) is 2.23. The lowest BCUT2D eigenvalue weighted by Crippen LogP contribution is -1.92. The van der Waals surface area contributed by atoms with Gasteiger partial charge in [0.1, 0.15) is 11.5 Å². The lowest BCUT2D eigenvalue weighted by molar-refractivity contribution is 0.478. The second-order valence-electron chi connectivity index (χ2n) is 3.44. The average Bonchev–Trinajstić information content (AvgIpc) is 2.33. The number of hydrogen-bond acceptors (Lipinski definition) is 3. The Hall–Kier alpha value is -1.61. The summed E-state index contributed by atoms with van der Waals surface area (Å²) in [6.07, 6.45) is 0. The highest BCUT2D eigenvalue weighted by Gasteiger charge is 2.03. The van der Waals surface area contributed by atoms with E-state index in [1.54, 1.807) is 0 Å². The average molecular weight is 231 g/mol. The molecule has 2 nitrogen and oxygen atoms in total. The molecule has 2 aromatic rings. The number of rotatable bonds is 3. The first-order chi connectivity index (χ1) is 7.79. The molecule has 0 spiro atoms. The lowest BCUT2D eigenvalue weighted by atomic mass is 10.2. The van der Waals surface area contributed by atoms with Gasteiger partial charge in [-0.15, -0.1) is 0 Å². The third kappa shape index (κ3) is 2.49. The van der Waals surface area contributed by atoms with Crippen molar-refractivity contribution in [1.82, 2.24) is 0 Å². The van der Waals surface area contributed by atoms with Gasteiger partial charge in [0, 0.05) is 17.0 Å². The van der Waals surface area contributed by atoms with Crippen LogP contribution in [-0.2, 0) is 5.75 Å². The molecule has 2 N–H and O–H groups in total. The summed E-state index contributed by atoms with van der Waals surface area (Å²) in [6, 6.07) is 15.2. The first-order valence-electron chi connectivity index (χ1n) is 5.02. The standard InChI is InChI=1S/C13H13NOS/c14-11-6-7-13(10(8-11)9-16)15-12-4-2-1-3-5-12/h1-8,16H,9,14H2. The van der Waals surface area contributed by atoms with Crippen LogP contribution in [0.1, 0.15) is 5.56 Å². The van der Waals surface area contributed by atoms with Crippen LogP contribution in [0.25, 0.3) is 0 Å². The number of thiol groups is 1. The molecule has 2 rings (SSSR count). The van der Waals surface area contributed by atoms with Crippen LogP contribution < -0.4 is 10.5 Å². The van der Waals surface area contributed by atoms with Gasteiger partial charge in [-0.2, -0.15) is 12.6 Å². The third-order valence-corrected chi connectivity index (χ3v) is 2.57. The van der Waals surface area contributed by atoms with E-state index in [0.717, 1.165) is 22.7 Å². The Labute approximate surface area is 100 Å². The molecule has 0 aliphatic carbocycles. The fraction of sp³-hybridized carbons (Fsp3) is 0.0769. The molecule has 16 heavy (non-hydrogen) atoms. The van der Waals surface area contributed by atoms with Crippen LogP contribution in [0.4, 0.5) is 5.69 Å². The van der Waals surface area contributed by atoms with Crippen LogP contribution in [0.5, 0.6) is 11.5 Å². The Morgan fingerprint density at radius 3 is 2.50 bits per heavy atom. The van der Waals surface area contributed by atoms with E-state index in [1.807, 2.05) is 48.5 Å². The topological polar surface area (TPSA) is 35.2 Å². The molecule has 0 fully saturated rings. The second kappa shape index (κ2) is 4.94. The van der Waals surface area contributed by atoms with Gasteiger partial charge >= 0.3 is 0 Å². The Morgan fingerprint density at radius 2 is 1.81 bits per heavy atom. The van der Waals surface area contributed by atoms with E-state index in [2.05, 4.69) is 12.6 Å². The van der Waals surface area contributed by atoms with Crippen molar-refractivity contribution in [3.05, 3.63) is 54.1 Å². The smallest absolute Gasteiger partial charge is 0.131 e.